The van der Waals surface area contributed by atoms with Gasteiger partial charge in [0.15, 0.2) is 0 Å². The first kappa shape index (κ1) is 24.3. The summed E-state index contributed by atoms with van der Waals surface area (Å²) in [6, 6.07) is 7.58. The number of rotatable bonds is 11. The number of phenolic OH excluding ortho intramolecular Hbond substituents is 1. The maximum absolute atomic E-state index is 9.55. The molecule has 146 valence electrons. The van der Waals surface area contributed by atoms with Gasteiger partial charge < -0.3 is 25.8 Å². The van der Waals surface area contributed by atoms with E-state index >= 15 is 0 Å². The molecule has 0 heterocycles. The Bertz CT molecular complexity index is 524. The van der Waals surface area contributed by atoms with Crippen molar-refractivity contribution in [3.05, 3.63) is 29.8 Å². The Balaban J connectivity index is 0.00000194. The van der Waals surface area contributed by atoms with Crippen LogP contribution in [-0.2, 0) is 9.59 Å². The third kappa shape index (κ3) is 12.6. The summed E-state index contributed by atoms with van der Waals surface area (Å²) < 4.78 is 0. The van der Waals surface area contributed by atoms with E-state index in [4.69, 9.17) is 25.4 Å². The van der Waals surface area contributed by atoms with E-state index in [9.17, 15) is 5.11 Å². The zero-order chi connectivity index (χ0) is 19.9. The van der Waals surface area contributed by atoms with E-state index in [1.165, 1.54) is 0 Å². The largest absolute Gasteiger partial charge is 0.508 e. The van der Waals surface area contributed by atoms with E-state index in [1.54, 1.807) is 6.07 Å². The van der Waals surface area contributed by atoms with E-state index in [1.807, 2.05) is 18.2 Å². The molecule has 1 aromatic carbocycles. The number of phenols is 1. The molecule has 1 rings (SSSR count). The number of hydrogen-bond donors (Lipinski definition) is 4. The van der Waals surface area contributed by atoms with Crippen LogP contribution in [0.15, 0.2) is 24.3 Å². The second kappa shape index (κ2) is 14.5. The number of carbonyl (C=O) groups excluding carboxylic acids is 2. The third-order valence-corrected chi connectivity index (χ3v) is 4.19. The highest BCUT2D eigenvalue weighted by Crippen LogP contribution is 2.20. The average Bonchev–Trinajstić information content (AvgIpc) is 2.57. The van der Waals surface area contributed by atoms with Crippen LogP contribution >= 0.6 is 0 Å². The van der Waals surface area contributed by atoms with E-state index in [0.717, 1.165) is 44.3 Å². The summed E-state index contributed by atoms with van der Waals surface area (Å²) in [5.41, 5.74) is 7.26. The fourth-order valence-corrected chi connectivity index (χ4v) is 2.76. The third-order valence-electron chi connectivity index (χ3n) is 4.19. The van der Waals surface area contributed by atoms with Gasteiger partial charge in [0.25, 0.3) is 0 Å². The molecule has 0 aliphatic rings. The summed E-state index contributed by atoms with van der Waals surface area (Å²) >= 11 is 0. The van der Waals surface area contributed by atoms with Crippen LogP contribution in [0.3, 0.4) is 0 Å². The molecule has 0 amide bonds. The highest BCUT2D eigenvalue weighted by molar-refractivity contribution is 6.40. The minimum absolute atomic E-state index is 0.157. The Morgan fingerprint density at radius 3 is 2.46 bits per heavy atom. The molecular weight excluding hydrogens is 335 g/mol. The van der Waals surface area contributed by atoms with Gasteiger partial charge in [-0.3, -0.25) is 0 Å². The van der Waals surface area contributed by atoms with Gasteiger partial charge in [0, 0.05) is 12.6 Å². The molecule has 0 unspecified atom stereocenters. The SMILES string of the molecule is C[C@H](CN(C)CC[C@H](N)CCCCB(O)O)c1cccc(O)c1.O=C=O. The minimum Gasteiger partial charge on any atom is -0.508 e. The Labute approximate surface area is 156 Å². The molecule has 26 heavy (non-hydrogen) atoms. The van der Waals surface area contributed by atoms with Gasteiger partial charge >= 0.3 is 13.3 Å². The number of likely N-dealkylation sites (N-methyl/N-ethyl adjacent to an activating group) is 1. The number of benzene rings is 1. The quantitative estimate of drug-likeness (QED) is 0.343. The second-order valence-electron chi connectivity index (χ2n) is 6.66. The summed E-state index contributed by atoms with van der Waals surface area (Å²) in [4.78, 5) is 18.5. The van der Waals surface area contributed by atoms with Crippen LogP contribution in [0.25, 0.3) is 0 Å². The zero-order valence-corrected chi connectivity index (χ0v) is 15.7. The summed E-state index contributed by atoms with van der Waals surface area (Å²) in [7, 11) is 0.894. The van der Waals surface area contributed by atoms with Crippen molar-refractivity contribution >= 4 is 13.3 Å². The molecule has 0 saturated carbocycles. The van der Waals surface area contributed by atoms with Crippen LogP contribution in [0.5, 0.6) is 5.75 Å². The minimum atomic E-state index is -1.20. The van der Waals surface area contributed by atoms with Gasteiger partial charge in [-0.2, -0.15) is 9.59 Å². The molecule has 2 atom stereocenters. The molecule has 5 N–H and O–H groups in total. The van der Waals surface area contributed by atoms with E-state index in [-0.39, 0.29) is 12.2 Å². The molecule has 0 saturated heterocycles. The standard InChI is InChI=1S/C17H31BN2O3.CO2/c1-14(15-6-5-8-17(21)12-15)13-20(2)11-9-16(19)7-3-4-10-18(22)23;2-1-3/h5-6,8,12,14,16,21-23H,3-4,7,9-11,13,19H2,1-2H3;/t14-,16-;/m1./s1. The first-order valence-electron chi connectivity index (χ1n) is 8.88. The van der Waals surface area contributed by atoms with Crippen LogP contribution in [0.4, 0.5) is 0 Å². The number of aromatic hydroxyl groups is 1. The number of nitrogens with zero attached hydrogens (tertiary/aromatic N) is 1. The molecule has 0 spiro atoms. The average molecular weight is 366 g/mol. The first-order valence-corrected chi connectivity index (χ1v) is 8.88. The lowest BCUT2D eigenvalue weighted by Gasteiger charge is -2.23. The number of nitrogens with two attached hydrogens (primary N) is 1. The molecule has 8 heteroatoms. The van der Waals surface area contributed by atoms with Gasteiger partial charge in [-0.25, -0.2) is 0 Å². The fraction of sp³-hybridized carbons (Fsp3) is 0.611. The van der Waals surface area contributed by atoms with Crippen LogP contribution in [0.2, 0.25) is 6.32 Å². The monoisotopic (exact) mass is 366 g/mol. The lowest BCUT2D eigenvalue weighted by molar-refractivity contribution is -0.191. The topological polar surface area (TPSA) is 124 Å². The van der Waals surface area contributed by atoms with Crippen LogP contribution < -0.4 is 5.73 Å². The lowest BCUT2D eigenvalue weighted by atomic mass is 9.83. The molecular formula is C18H31BN2O5. The maximum Gasteiger partial charge on any atom is 0.451 e. The second-order valence-corrected chi connectivity index (χ2v) is 6.66. The molecule has 0 aliphatic carbocycles. The Morgan fingerprint density at radius 1 is 1.23 bits per heavy atom. The molecule has 1 aromatic rings. The number of unbranched alkanes of at least 4 members (excludes halogenated alkanes) is 1. The molecule has 0 aromatic heterocycles. The molecule has 0 aliphatic heterocycles. The summed E-state index contributed by atoms with van der Waals surface area (Å²) in [5.74, 6) is 0.668. The van der Waals surface area contributed by atoms with Gasteiger partial charge in [0.1, 0.15) is 5.75 Å². The van der Waals surface area contributed by atoms with Gasteiger partial charge in [-0.15, -0.1) is 0 Å². The Hall–Kier alpha value is -1.70. The van der Waals surface area contributed by atoms with Gasteiger partial charge in [-0.1, -0.05) is 31.9 Å². The number of hydrogen-bond acceptors (Lipinski definition) is 7. The first-order chi connectivity index (χ1) is 12.3. The molecule has 0 radical (unpaired) electrons. The smallest absolute Gasteiger partial charge is 0.451 e. The summed E-state index contributed by atoms with van der Waals surface area (Å²) in [6.07, 6.45) is 4.26. The van der Waals surface area contributed by atoms with Gasteiger partial charge in [-0.05, 0) is 56.4 Å². The van der Waals surface area contributed by atoms with E-state index in [2.05, 4.69) is 18.9 Å². The van der Waals surface area contributed by atoms with Crippen molar-refractivity contribution in [2.24, 2.45) is 5.73 Å². The molecule has 7 nitrogen and oxygen atoms in total. The Morgan fingerprint density at radius 2 is 1.88 bits per heavy atom. The highest BCUT2D eigenvalue weighted by atomic mass is 16.4. The van der Waals surface area contributed by atoms with Gasteiger partial charge in [0.05, 0.1) is 0 Å². The van der Waals surface area contributed by atoms with Crippen molar-refractivity contribution < 1.29 is 24.7 Å². The highest BCUT2D eigenvalue weighted by Gasteiger charge is 2.11. The predicted octanol–water partition coefficient (Wildman–Crippen LogP) is 1.20. The van der Waals surface area contributed by atoms with Crippen molar-refractivity contribution in [1.82, 2.24) is 4.90 Å². The maximum atomic E-state index is 9.55. The normalized spacial score (nSPS) is 12.7. The predicted molar refractivity (Wildman–Crippen MR) is 100 cm³/mol. The van der Waals surface area contributed by atoms with E-state index < -0.39 is 7.12 Å². The fourth-order valence-electron chi connectivity index (χ4n) is 2.76. The van der Waals surface area contributed by atoms with Crippen LogP contribution in [0, 0.1) is 0 Å². The van der Waals surface area contributed by atoms with Gasteiger partial charge in [0.2, 0.25) is 0 Å². The zero-order valence-electron chi connectivity index (χ0n) is 15.7. The van der Waals surface area contributed by atoms with Crippen molar-refractivity contribution in [2.75, 3.05) is 20.1 Å². The lowest BCUT2D eigenvalue weighted by Crippen LogP contribution is -2.30. The van der Waals surface area contributed by atoms with Crippen molar-refractivity contribution in [3.63, 3.8) is 0 Å². The van der Waals surface area contributed by atoms with Crippen LogP contribution in [-0.4, -0.2) is 59.5 Å². The molecule has 0 fully saturated rings. The molecule has 0 bridgehead atoms. The van der Waals surface area contributed by atoms with E-state index in [0.29, 0.717) is 18.0 Å². The van der Waals surface area contributed by atoms with Crippen molar-refractivity contribution in [1.29, 1.82) is 0 Å². The van der Waals surface area contributed by atoms with Crippen molar-refractivity contribution in [2.45, 2.75) is 50.9 Å². The summed E-state index contributed by atoms with van der Waals surface area (Å²) in [5, 5.41) is 27.1. The summed E-state index contributed by atoms with van der Waals surface area (Å²) in [6.45, 7) is 4.02. The Kier molecular flexibility index (Phi) is 13.5. The van der Waals surface area contributed by atoms with Crippen LogP contribution in [0.1, 0.15) is 44.1 Å². The van der Waals surface area contributed by atoms with Crippen molar-refractivity contribution in [3.8, 4) is 5.75 Å².